The molecule has 2 aromatic carbocycles. The maximum absolute atomic E-state index is 12.5. The van der Waals surface area contributed by atoms with Crippen molar-refractivity contribution in [2.45, 2.75) is 0 Å². The van der Waals surface area contributed by atoms with Crippen molar-refractivity contribution < 1.29 is 9.53 Å². The zero-order chi connectivity index (χ0) is 16.9. The fraction of sp³-hybridized carbons (Fsp3) is 0.105. The zero-order valence-electron chi connectivity index (χ0n) is 13.5. The van der Waals surface area contributed by atoms with Crippen LogP contribution in [-0.4, -0.2) is 20.1 Å². The van der Waals surface area contributed by atoms with E-state index in [2.05, 4.69) is 16.7 Å². The molecule has 0 spiro atoms. The molecule has 0 radical (unpaired) electrons. The molecule has 5 heteroatoms. The lowest BCUT2D eigenvalue weighted by Gasteiger charge is -2.13. The van der Waals surface area contributed by atoms with Crippen LogP contribution in [0.15, 0.2) is 60.0 Å². The van der Waals surface area contributed by atoms with Gasteiger partial charge in [0.2, 0.25) is 0 Å². The van der Waals surface area contributed by atoms with Crippen LogP contribution in [0.4, 0.5) is 11.4 Å². The number of methoxy groups -OCH3 is 1. The highest BCUT2D eigenvalue weighted by Gasteiger charge is 2.11. The molecule has 1 heterocycles. The summed E-state index contributed by atoms with van der Waals surface area (Å²) < 4.78 is 5.12. The highest BCUT2D eigenvalue weighted by atomic mass is 32.1. The number of hydrogen-bond acceptors (Lipinski definition) is 4. The molecule has 0 bridgehead atoms. The maximum Gasteiger partial charge on any atom is 0.255 e. The van der Waals surface area contributed by atoms with E-state index in [0.717, 1.165) is 27.6 Å². The van der Waals surface area contributed by atoms with E-state index in [-0.39, 0.29) is 5.91 Å². The minimum Gasteiger partial charge on any atom is -0.497 e. The van der Waals surface area contributed by atoms with Gasteiger partial charge in [0.1, 0.15) is 5.75 Å². The van der Waals surface area contributed by atoms with Crippen molar-refractivity contribution in [2.24, 2.45) is 0 Å². The van der Waals surface area contributed by atoms with E-state index in [1.807, 2.05) is 36.7 Å². The van der Waals surface area contributed by atoms with Gasteiger partial charge in [-0.15, -0.1) is 11.3 Å². The van der Waals surface area contributed by atoms with Crippen LogP contribution in [0.1, 0.15) is 10.4 Å². The number of thiophene rings is 1. The molecular weight excluding hydrogens is 320 g/mol. The number of rotatable bonds is 5. The summed E-state index contributed by atoms with van der Waals surface area (Å²) in [7, 11) is 3.44. The molecule has 0 atom stereocenters. The van der Waals surface area contributed by atoms with Gasteiger partial charge in [-0.05, 0) is 53.4 Å². The smallest absolute Gasteiger partial charge is 0.255 e. The molecule has 0 saturated heterocycles. The predicted octanol–water partition coefficient (Wildman–Crippen LogP) is 4.72. The Hall–Kier alpha value is -2.79. The van der Waals surface area contributed by atoms with Crippen LogP contribution in [0, 0.1) is 0 Å². The Morgan fingerprint density at radius 2 is 1.83 bits per heavy atom. The molecule has 0 fully saturated rings. The lowest BCUT2D eigenvalue weighted by atomic mass is 10.1. The van der Waals surface area contributed by atoms with Gasteiger partial charge in [0, 0.05) is 17.5 Å². The molecule has 0 saturated carbocycles. The Morgan fingerprint density at radius 3 is 2.46 bits per heavy atom. The van der Waals surface area contributed by atoms with Crippen molar-refractivity contribution in [1.82, 2.24) is 0 Å². The maximum atomic E-state index is 12.5. The Kier molecular flexibility index (Phi) is 4.82. The molecule has 1 aromatic heterocycles. The SMILES string of the molecule is CNc1ccc(-c2cccs2)cc1NC(=O)c1ccc(OC)cc1. The Morgan fingerprint density at radius 1 is 1.04 bits per heavy atom. The molecule has 24 heavy (non-hydrogen) atoms. The summed E-state index contributed by atoms with van der Waals surface area (Å²) in [6.07, 6.45) is 0. The number of amides is 1. The van der Waals surface area contributed by atoms with Gasteiger partial charge in [0.05, 0.1) is 18.5 Å². The van der Waals surface area contributed by atoms with Gasteiger partial charge >= 0.3 is 0 Å². The van der Waals surface area contributed by atoms with Gasteiger partial charge in [-0.2, -0.15) is 0 Å². The zero-order valence-corrected chi connectivity index (χ0v) is 14.3. The minimum atomic E-state index is -0.155. The first-order valence-corrected chi connectivity index (χ1v) is 8.40. The summed E-state index contributed by atoms with van der Waals surface area (Å²) in [5.74, 6) is 0.569. The molecule has 3 aromatic rings. The molecule has 0 aliphatic rings. The molecule has 0 aliphatic carbocycles. The van der Waals surface area contributed by atoms with Gasteiger partial charge < -0.3 is 15.4 Å². The monoisotopic (exact) mass is 338 g/mol. The summed E-state index contributed by atoms with van der Waals surface area (Å²) in [4.78, 5) is 13.7. The van der Waals surface area contributed by atoms with Crippen LogP contribution in [-0.2, 0) is 0 Å². The van der Waals surface area contributed by atoms with E-state index in [1.54, 1.807) is 42.7 Å². The number of benzene rings is 2. The molecule has 122 valence electrons. The fourth-order valence-corrected chi connectivity index (χ4v) is 3.12. The summed E-state index contributed by atoms with van der Waals surface area (Å²) in [5, 5.41) is 8.13. The topological polar surface area (TPSA) is 50.4 Å². The molecule has 0 unspecified atom stereocenters. The lowest BCUT2D eigenvalue weighted by molar-refractivity contribution is 0.102. The second-order valence-electron chi connectivity index (χ2n) is 5.17. The van der Waals surface area contributed by atoms with E-state index in [1.165, 1.54) is 0 Å². The summed E-state index contributed by atoms with van der Waals surface area (Å²) in [6.45, 7) is 0. The van der Waals surface area contributed by atoms with Crippen LogP contribution in [0.2, 0.25) is 0 Å². The van der Waals surface area contributed by atoms with Crippen LogP contribution in [0.3, 0.4) is 0 Å². The average Bonchev–Trinajstić information content (AvgIpc) is 3.16. The summed E-state index contributed by atoms with van der Waals surface area (Å²) in [6, 6.07) is 17.1. The van der Waals surface area contributed by atoms with Crippen LogP contribution < -0.4 is 15.4 Å². The average molecular weight is 338 g/mol. The quantitative estimate of drug-likeness (QED) is 0.708. The van der Waals surface area contributed by atoms with Crippen molar-refractivity contribution in [3.63, 3.8) is 0 Å². The Balaban J connectivity index is 1.87. The van der Waals surface area contributed by atoms with Gasteiger partial charge in [0.15, 0.2) is 0 Å². The lowest BCUT2D eigenvalue weighted by Crippen LogP contribution is -2.13. The van der Waals surface area contributed by atoms with Gasteiger partial charge in [-0.25, -0.2) is 0 Å². The second-order valence-corrected chi connectivity index (χ2v) is 6.12. The van der Waals surface area contributed by atoms with Gasteiger partial charge in [0.25, 0.3) is 5.91 Å². The molecule has 3 rings (SSSR count). The molecule has 4 nitrogen and oxygen atoms in total. The van der Waals surface area contributed by atoms with E-state index in [9.17, 15) is 4.79 Å². The second kappa shape index (κ2) is 7.19. The summed E-state index contributed by atoms with van der Waals surface area (Å²) in [5.41, 5.74) is 3.29. The van der Waals surface area contributed by atoms with Crippen LogP contribution >= 0.6 is 11.3 Å². The first kappa shape index (κ1) is 16.1. The standard InChI is InChI=1S/C19H18N2O2S/c1-20-16-10-7-14(18-4-3-11-24-18)12-17(16)21-19(22)13-5-8-15(23-2)9-6-13/h3-12,20H,1-2H3,(H,21,22). The van der Waals surface area contributed by atoms with E-state index < -0.39 is 0 Å². The van der Waals surface area contributed by atoms with Crippen molar-refractivity contribution in [1.29, 1.82) is 0 Å². The summed E-state index contributed by atoms with van der Waals surface area (Å²) >= 11 is 1.67. The largest absolute Gasteiger partial charge is 0.497 e. The van der Waals surface area contributed by atoms with Gasteiger partial charge in [-0.3, -0.25) is 4.79 Å². The highest BCUT2D eigenvalue weighted by Crippen LogP contribution is 2.31. The predicted molar refractivity (Wildman–Crippen MR) is 100 cm³/mol. The number of anilines is 2. The van der Waals surface area contributed by atoms with Crippen molar-refractivity contribution in [3.8, 4) is 16.2 Å². The Bertz CT molecular complexity index is 827. The number of carbonyl (C=O) groups is 1. The normalized spacial score (nSPS) is 10.2. The number of hydrogen-bond donors (Lipinski definition) is 2. The molecule has 0 aliphatic heterocycles. The van der Waals surface area contributed by atoms with Crippen LogP contribution in [0.25, 0.3) is 10.4 Å². The Labute approximate surface area is 145 Å². The third kappa shape index (κ3) is 3.41. The first-order chi connectivity index (χ1) is 11.7. The first-order valence-electron chi connectivity index (χ1n) is 7.52. The molecule has 2 N–H and O–H groups in total. The number of ether oxygens (including phenoxy) is 1. The van der Waals surface area contributed by atoms with Crippen molar-refractivity contribution >= 4 is 28.6 Å². The van der Waals surface area contributed by atoms with E-state index in [0.29, 0.717) is 5.56 Å². The molecular formula is C19H18N2O2S. The van der Waals surface area contributed by atoms with E-state index >= 15 is 0 Å². The minimum absolute atomic E-state index is 0.155. The van der Waals surface area contributed by atoms with Crippen molar-refractivity contribution in [3.05, 3.63) is 65.5 Å². The van der Waals surface area contributed by atoms with Gasteiger partial charge in [-0.1, -0.05) is 12.1 Å². The van der Waals surface area contributed by atoms with Crippen LogP contribution in [0.5, 0.6) is 5.75 Å². The third-order valence-electron chi connectivity index (χ3n) is 3.70. The molecule has 1 amide bonds. The van der Waals surface area contributed by atoms with Crippen molar-refractivity contribution in [2.75, 3.05) is 24.8 Å². The fourth-order valence-electron chi connectivity index (χ4n) is 2.40. The third-order valence-corrected chi connectivity index (χ3v) is 4.61. The number of carbonyl (C=O) groups excluding carboxylic acids is 1. The highest BCUT2D eigenvalue weighted by molar-refractivity contribution is 7.13. The van der Waals surface area contributed by atoms with E-state index in [4.69, 9.17) is 4.74 Å². The number of nitrogens with one attached hydrogen (secondary N) is 2.